The number of ether oxygens (including phenoxy) is 1. The molecule has 0 spiro atoms. The van der Waals surface area contributed by atoms with E-state index in [-0.39, 0.29) is 12.1 Å². The second kappa shape index (κ2) is 6.32. The van der Waals surface area contributed by atoms with Crippen LogP contribution in [0, 0.1) is 0 Å². The van der Waals surface area contributed by atoms with E-state index in [9.17, 15) is 0 Å². The number of morpholine rings is 1. The Morgan fingerprint density at radius 1 is 1.39 bits per heavy atom. The minimum Gasteiger partial charge on any atom is -0.374 e. The topological polar surface area (TPSA) is 38.5 Å². The number of nitrogens with two attached hydrogens (primary N) is 1. The van der Waals surface area contributed by atoms with Crippen LogP contribution < -0.4 is 5.73 Å². The number of likely N-dealkylation sites (N-methyl/N-ethyl adjacent to an activating group) is 1. The first-order chi connectivity index (χ1) is 8.70. The van der Waals surface area contributed by atoms with E-state index in [4.69, 9.17) is 10.5 Å². The summed E-state index contributed by atoms with van der Waals surface area (Å²) < 4.78 is 5.78. The van der Waals surface area contributed by atoms with Crippen LogP contribution in [0.3, 0.4) is 0 Å². The van der Waals surface area contributed by atoms with Crippen molar-refractivity contribution in [3.05, 3.63) is 35.4 Å². The number of hydrogen-bond donors (Lipinski definition) is 1. The molecule has 18 heavy (non-hydrogen) atoms. The molecule has 1 aliphatic heterocycles. The fraction of sp³-hybridized carbons (Fsp3) is 0.600. The van der Waals surface area contributed by atoms with Crippen molar-refractivity contribution in [1.82, 2.24) is 4.90 Å². The third-order valence-electron chi connectivity index (χ3n) is 3.60. The molecule has 0 radical (unpaired) electrons. The van der Waals surface area contributed by atoms with Crippen LogP contribution in [-0.2, 0) is 11.2 Å². The van der Waals surface area contributed by atoms with Gasteiger partial charge in [0, 0.05) is 13.1 Å². The number of hydrogen-bond acceptors (Lipinski definition) is 3. The standard InChI is InChI=1S/C15H24N2O/c1-3-4-12-5-7-13(8-6-12)15(16)14-11-17(2)9-10-18-14/h5-8,14-15H,3-4,9-11,16H2,1-2H3. The van der Waals surface area contributed by atoms with Crippen LogP contribution in [0.5, 0.6) is 0 Å². The van der Waals surface area contributed by atoms with E-state index >= 15 is 0 Å². The highest BCUT2D eigenvalue weighted by molar-refractivity contribution is 5.25. The van der Waals surface area contributed by atoms with Gasteiger partial charge in [-0.3, -0.25) is 0 Å². The summed E-state index contributed by atoms with van der Waals surface area (Å²) in [4.78, 5) is 2.28. The van der Waals surface area contributed by atoms with Gasteiger partial charge in [-0.15, -0.1) is 0 Å². The summed E-state index contributed by atoms with van der Waals surface area (Å²) >= 11 is 0. The molecule has 1 aliphatic rings. The maximum absolute atomic E-state index is 6.30. The smallest absolute Gasteiger partial charge is 0.0894 e. The fourth-order valence-corrected chi connectivity index (χ4v) is 2.44. The lowest BCUT2D eigenvalue weighted by Crippen LogP contribution is -2.45. The van der Waals surface area contributed by atoms with Crippen LogP contribution in [0.2, 0.25) is 0 Å². The third kappa shape index (κ3) is 3.31. The predicted molar refractivity (Wildman–Crippen MR) is 74.6 cm³/mol. The molecule has 100 valence electrons. The maximum Gasteiger partial charge on any atom is 0.0894 e. The molecule has 1 fully saturated rings. The Labute approximate surface area is 110 Å². The van der Waals surface area contributed by atoms with Gasteiger partial charge in [-0.05, 0) is 24.6 Å². The molecular weight excluding hydrogens is 224 g/mol. The van der Waals surface area contributed by atoms with Gasteiger partial charge in [0.15, 0.2) is 0 Å². The number of rotatable bonds is 4. The summed E-state index contributed by atoms with van der Waals surface area (Å²) in [5.74, 6) is 0. The minimum absolute atomic E-state index is 0.0246. The summed E-state index contributed by atoms with van der Waals surface area (Å²) in [7, 11) is 2.12. The summed E-state index contributed by atoms with van der Waals surface area (Å²) in [6.45, 7) is 4.89. The van der Waals surface area contributed by atoms with Crippen molar-refractivity contribution in [3.63, 3.8) is 0 Å². The molecule has 2 atom stereocenters. The highest BCUT2D eigenvalue weighted by atomic mass is 16.5. The minimum atomic E-state index is -0.0246. The molecule has 2 N–H and O–H groups in total. The zero-order chi connectivity index (χ0) is 13.0. The molecule has 1 aromatic rings. The quantitative estimate of drug-likeness (QED) is 0.885. The van der Waals surface area contributed by atoms with Crippen LogP contribution >= 0.6 is 0 Å². The highest BCUT2D eigenvalue weighted by Crippen LogP contribution is 2.20. The van der Waals surface area contributed by atoms with Crippen molar-refractivity contribution in [3.8, 4) is 0 Å². The van der Waals surface area contributed by atoms with E-state index in [0.717, 1.165) is 26.1 Å². The Balaban J connectivity index is 2.01. The van der Waals surface area contributed by atoms with Gasteiger partial charge in [0.25, 0.3) is 0 Å². The van der Waals surface area contributed by atoms with Gasteiger partial charge in [-0.2, -0.15) is 0 Å². The normalized spacial score (nSPS) is 22.9. The molecular formula is C15H24N2O. The maximum atomic E-state index is 6.30. The molecule has 0 aliphatic carbocycles. The Hall–Kier alpha value is -0.900. The Morgan fingerprint density at radius 3 is 2.72 bits per heavy atom. The first-order valence-corrected chi connectivity index (χ1v) is 6.85. The predicted octanol–water partition coefficient (Wildman–Crippen LogP) is 1.97. The SMILES string of the molecule is CCCc1ccc(C(N)C2CN(C)CCO2)cc1. The second-order valence-corrected chi connectivity index (χ2v) is 5.19. The molecule has 1 heterocycles. The molecule has 3 nitrogen and oxygen atoms in total. The lowest BCUT2D eigenvalue weighted by Gasteiger charge is -2.33. The van der Waals surface area contributed by atoms with Gasteiger partial charge in [0.05, 0.1) is 18.8 Å². The number of aryl methyl sites for hydroxylation is 1. The molecule has 1 saturated heterocycles. The van der Waals surface area contributed by atoms with Crippen molar-refractivity contribution in [2.75, 3.05) is 26.7 Å². The fourth-order valence-electron chi connectivity index (χ4n) is 2.44. The van der Waals surface area contributed by atoms with Crippen LogP contribution in [0.25, 0.3) is 0 Å². The zero-order valence-electron chi connectivity index (χ0n) is 11.4. The van der Waals surface area contributed by atoms with Gasteiger partial charge in [0.1, 0.15) is 0 Å². The Bertz CT molecular complexity index is 363. The van der Waals surface area contributed by atoms with Crippen LogP contribution in [0.4, 0.5) is 0 Å². The molecule has 2 unspecified atom stereocenters. The average molecular weight is 248 g/mol. The molecule has 1 aromatic carbocycles. The van der Waals surface area contributed by atoms with Crippen molar-refractivity contribution < 1.29 is 4.74 Å². The molecule has 3 heteroatoms. The van der Waals surface area contributed by atoms with E-state index in [1.54, 1.807) is 0 Å². The first kappa shape index (κ1) is 13.5. The van der Waals surface area contributed by atoms with E-state index in [1.165, 1.54) is 17.5 Å². The zero-order valence-corrected chi connectivity index (χ0v) is 11.4. The molecule has 2 rings (SSSR count). The Morgan fingerprint density at radius 2 is 2.11 bits per heavy atom. The van der Waals surface area contributed by atoms with Gasteiger partial charge in [-0.1, -0.05) is 37.6 Å². The van der Waals surface area contributed by atoms with Crippen molar-refractivity contribution in [1.29, 1.82) is 0 Å². The number of nitrogens with zero attached hydrogens (tertiary/aromatic N) is 1. The van der Waals surface area contributed by atoms with Crippen LogP contribution in [0.15, 0.2) is 24.3 Å². The average Bonchev–Trinajstić information content (AvgIpc) is 2.39. The molecule has 0 aromatic heterocycles. The van der Waals surface area contributed by atoms with E-state index in [1.807, 2.05) is 0 Å². The van der Waals surface area contributed by atoms with Crippen LogP contribution in [0.1, 0.15) is 30.5 Å². The third-order valence-corrected chi connectivity index (χ3v) is 3.60. The summed E-state index contributed by atoms with van der Waals surface area (Å²) in [6, 6.07) is 8.64. The first-order valence-electron chi connectivity index (χ1n) is 6.85. The second-order valence-electron chi connectivity index (χ2n) is 5.19. The van der Waals surface area contributed by atoms with Gasteiger partial charge in [-0.25, -0.2) is 0 Å². The summed E-state index contributed by atoms with van der Waals surface area (Å²) in [5, 5.41) is 0. The van der Waals surface area contributed by atoms with E-state index in [2.05, 4.69) is 43.1 Å². The van der Waals surface area contributed by atoms with Crippen molar-refractivity contribution >= 4 is 0 Å². The lowest BCUT2D eigenvalue weighted by atomic mass is 9.99. The summed E-state index contributed by atoms with van der Waals surface area (Å²) in [5.41, 5.74) is 8.86. The molecule has 0 amide bonds. The van der Waals surface area contributed by atoms with E-state index < -0.39 is 0 Å². The van der Waals surface area contributed by atoms with Crippen molar-refractivity contribution in [2.24, 2.45) is 5.73 Å². The number of benzene rings is 1. The highest BCUT2D eigenvalue weighted by Gasteiger charge is 2.24. The monoisotopic (exact) mass is 248 g/mol. The van der Waals surface area contributed by atoms with Gasteiger partial charge < -0.3 is 15.4 Å². The summed E-state index contributed by atoms with van der Waals surface area (Å²) in [6.07, 6.45) is 2.43. The Kier molecular flexibility index (Phi) is 4.75. The lowest BCUT2D eigenvalue weighted by molar-refractivity contribution is -0.0326. The molecule has 0 saturated carbocycles. The van der Waals surface area contributed by atoms with Gasteiger partial charge in [0.2, 0.25) is 0 Å². The van der Waals surface area contributed by atoms with E-state index in [0.29, 0.717) is 0 Å². The van der Waals surface area contributed by atoms with Crippen molar-refractivity contribution in [2.45, 2.75) is 31.9 Å². The largest absolute Gasteiger partial charge is 0.374 e. The van der Waals surface area contributed by atoms with Crippen LogP contribution in [-0.4, -0.2) is 37.7 Å². The van der Waals surface area contributed by atoms with Gasteiger partial charge >= 0.3 is 0 Å². The molecule has 0 bridgehead atoms.